The van der Waals surface area contributed by atoms with Gasteiger partial charge in [-0.25, -0.2) is 0 Å². The lowest BCUT2D eigenvalue weighted by molar-refractivity contribution is 0.540. The number of nitrogens with two attached hydrogens (primary N) is 2. The number of nitrogens with zero attached hydrogens (tertiary/aromatic N) is 4. The van der Waals surface area contributed by atoms with Gasteiger partial charge in [-0.1, -0.05) is 110 Å². The first kappa shape index (κ1) is 46.6. The Balaban J connectivity index is 0.00000216. The van der Waals surface area contributed by atoms with Gasteiger partial charge in [0.25, 0.3) is 0 Å². The van der Waals surface area contributed by atoms with Crippen molar-refractivity contribution in [2.75, 3.05) is 4.90 Å². The van der Waals surface area contributed by atoms with Crippen molar-refractivity contribution in [1.82, 2.24) is 14.0 Å². The van der Waals surface area contributed by atoms with Crippen LogP contribution in [-0.2, 0) is 6.42 Å². The minimum absolute atomic E-state index is 0.607. The van der Waals surface area contributed by atoms with Gasteiger partial charge in [0.15, 0.2) is 0 Å². The first-order chi connectivity index (χ1) is 32.7. The summed E-state index contributed by atoms with van der Waals surface area (Å²) >= 11 is 0. The summed E-state index contributed by atoms with van der Waals surface area (Å²) in [6.45, 7) is 16.6. The minimum Gasteiger partial charge on any atom is -0.405 e. The summed E-state index contributed by atoms with van der Waals surface area (Å²) < 4.78 is 4.62. The van der Waals surface area contributed by atoms with E-state index in [-0.39, 0.29) is 0 Å². The van der Waals surface area contributed by atoms with Crippen molar-refractivity contribution >= 4 is 45.0 Å². The number of benzene rings is 5. The van der Waals surface area contributed by atoms with E-state index in [9.17, 15) is 0 Å². The molecule has 0 bridgehead atoms. The third-order valence-electron chi connectivity index (χ3n) is 12.0. The summed E-state index contributed by atoms with van der Waals surface area (Å²) in [7, 11) is 0. The lowest BCUT2D eigenvalue weighted by Gasteiger charge is -2.31. The van der Waals surface area contributed by atoms with Gasteiger partial charge < -0.3 is 30.4 Å². The van der Waals surface area contributed by atoms with Crippen LogP contribution in [-0.4, -0.2) is 14.0 Å². The Bertz CT molecular complexity index is 3130. The number of allylic oxidation sites excluding steroid dienone is 12. The molecular weight excluding hydrogens is 817 g/mol. The molecule has 1 aliphatic rings. The predicted molar refractivity (Wildman–Crippen MR) is 288 cm³/mol. The van der Waals surface area contributed by atoms with Crippen LogP contribution in [0.4, 0.5) is 11.4 Å². The van der Waals surface area contributed by atoms with E-state index in [1.54, 1.807) is 13.1 Å². The molecule has 0 saturated heterocycles. The monoisotopic (exact) mass is 876 g/mol. The number of hydrogen-bond acceptors (Lipinski definition) is 4. The molecule has 4 N–H and O–H groups in total. The summed E-state index contributed by atoms with van der Waals surface area (Å²) in [5.74, 6) is 2.25. The Kier molecular flexibility index (Phi) is 15.0. The highest BCUT2D eigenvalue weighted by Crippen LogP contribution is 2.38. The molecule has 0 unspecified atom stereocenters. The van der Waals surface area contributed by atoms with Crippen LogP contribution >= 0.6 is 0 Å². The second-order valence-corrected chi connectivity index (χ2v) is 16.2. The largest absolute Gasteiger partial charge is 0.405 e. The van der Waals surface area contributed by atoms with Crippen LogP contribution in [0.25, 0.3) is 45.0 Å². The molecule has 8 rings (SSSR count). The fourth-order valence-corrected chi connectivity index (χ4v) is 8.94. The highest BCUT2D eigenvalue weighted by molar-refractivity contribution is 6.09. The SMILES string of the molecule is C#CC.C=C/C(=C\C=C(/C)N(/C(C)=C(C)/C=C\C)C(/C=C\N)=C(/N)c1c(C)c2c(n1-c1ccccc1)C=CC=CC2)N(c1ccccc1)c1ccc(-n2c3ccccc3c3ccccc32)cc1. The smallest absolute Gasteiger partial charge is 0.0807 e. The van der Waals surface area contributed by atoms with Crippen LogP contribution < -0.4 is 16.4 Å². The first-order valence-electron chi connectivity index (χ1n) is 22.6. The quantitative estimate of drug-likeness (QED) is 0.0894. The zero-order chi connectivity index (χ0) is 47.5. The Hall–Kier alpha value is -8.40. The molecule has 2 aromatic heterocycles. The average molecular weight is 877 g/mol. The van der Waals surface area contributed by atoms with Gasteiger partial charge in [0.1, 0.15) is 0 Å². The van der Waals surface area contributed by atoms with Gasteiger partial charge in [-0.3, -0.25) is 0 Å². The molecule has 0 fully saturated rings. The molecule has 0 atom stereocenters. The highest BCUT2D eigenvalue weighted by Gasteiger charge is 2.26. The Morgan fingerprint density at radius 2 is 1.30 bits per heavy atom. The van der Waals surface area contributed by atoms with Crippen LogP contribution in [0.5, 0.6) is 0 Å². The standard InChI is InChI=1S/C58H56N6.C3H4/c1-7-22-41(3)44(6)61(56(39-40-59)57(60)58-43(5)50-27-16-11-17-30-53(50)64(58)47-25-14-10-15-26-47)42(4)33-34-45(8-2)62(46-23-12-9-13-24-46)48-35-37-49(38-36-48)63-54-31-20-18-28-51(54)52-29-19-21-32-55(52)63;1-3-2/h7-26,28-40H,2,27,59-60H2,1,3-6H3;1H,2H3/b22-7-,40-39-,42-33+,44-41+,45-34+,57-56+;. The topological polar surface area (TPSA) is 68.4 Å². The second kappa shape index (κ2) is 21.5. The van der Waals surface area contributed by atoms with Crippen LogP contribution in [0.3, 0.4) is 0 Å². The number of rotatable bonds is 13. The molecule has 1 aliphatic carbocycles. The van der Waals surface area contributed by atoms with E-state index in [1.165, 1.54) is 27.4 Å². The van der Waals surface area contributed by atoms with E-state index in [4.69, 9.17) is 11.5 Å². The van der Waals surface area contributed by atoms with Crippen LogP contribution in [0.1, 0.15) is 57.1 Å². The van der Waals surface area contributed by atoms with Gasteiger partial charge in [0, 0.05) is 50.6 Å². The lowest BCUT2D eigenvalue weighted by atomic mass is 10.0. The third kappa shape index (κ3) is 9.54. The molecule has 7 aromatic rings. The number of fused-ring (bicyclic) bond motifs is 4. The molecule has 0 spiro atoms. The van der Waals surface area contributed by atoms with Crippen molar-refractivity contribution < 1.29 is 0 Å². The molecule has 67 heavy (non-hydrogen) atoms. The summed E-state index contributed by atoms with van der Waals surface area (Å²) in [6, 6.07) is 46.8. The van der Waals surface area contributed by atoms with Gasteiger partial charge in [-0.2, -0.15) is 0 Å². The molecule has 6 nitrogen and oxygen atoms in total. The van der Waals surface area contributed by atoms with Gasteiger partial charge in [-0.15, -0.1) is 12.3 Å². The first-order valence-corrected chi connectivity index (χ1v) is 22.6. The number of hydrogen-bond donors (Lipinski definition) is 2. The van der Waals surface area contributed by atoms with Crippen molar-refractivity contribution in [3.63, 3.8) is 0 Å². The summed E-state index contributed by atoms with van der Waals surface area (Å²) in [5, 5.41) is 2.47. The lowest BCUT2D eigenvalue weighted by Crippen LogP contribution is -2.24. The van der Waals surface area contributed by atoms with E-state index >= 15 is 0 Å². The van der Waals surface area contributed by atoms with E-state index in [1.807, 2.05) is 31.2 Å². The van der Waals surface area contributed by atoms with Crippen LogP contribution in [0.2, 0.25) is 0 Å². The van der Waals surface area contributed by atoms with Crippen molar-refractivity contribution in [2.45, 2.75) is 48.0 Å². The maximum Gasteiger partial charge on any atom is 0.0807 e. The zero-order valence-corrected chi connectivity index (χ0v) is 39.5. The number of para-hydroxylation sites is 4. The molecule has 334 valence electrons. The summed E-state index contributed by atoms with van der Waals surface area (Å²) in [6.07, 6.45) is 27.8. The third-order valence-corrected chi connectivity index (χ3v) is 12.0. The van der Waals surface area contributed by atoms with E-state index in [2.05, 4.69) is 235 Å². The van der Waals surface area contributed by atoms with Crippen molar-refractivity contribution in [1.29, 1.82) is 0 Å². The Morgan fingerprint density at radius 3 is 1.90 bits per heavy atom. The molecule has 0 radical (unpaired) electrons. The molecular formula is C61H60N6. The van der Waals surface area contributed by atoms with Crippen LogP contribution in [0, 0.1) is 19.3 Å². The molecule has 6 heteroatoms. The maximum atomic E-state index is 7.52. The van der Waals surface area contributed by atoms with Crippen LogP contribution in [0.15, 0.2) is 229 Å². The Labute approximate surface area is 397 Å². The molecule has 0 amide bonds. The van der Waals surface area contributed by atoms with Crippen molar-refractivity contribution in [3.8, 4) is 23.7 Å². The molecule has 0 saturated carbocycles. The second-order valence-electron chi connectivity index (χ2n) is 16.2. The fourth-order valence-electron chi connectivity index (χ4n) is 8.94. The number of aromatic nitrogens is 2. The van der Waals surface area contributed by atoms with Gasteiger partial charge in [0.05, 0.1) is 33.8 Å². The molecule has 5 aromatic carbocycles. The van der Waals surface area contributed by atoms with Crippen molar-refractivity contribution in [2.24, 2.45) is 11.5 Å². The van der Waals surface area contributed by atoms with Crippen molar-refractivity contribution in [3.05, 3.63) is 252 Å². The zero-order valence-electron chi connectivity index (χ0n) is 39.5. The average Bonchev–Trinajstić information content (AvgIpc) is 3.70. The van der Waals surface area contributed by atoms with E-state index < -0.39 is 0 Å². The maximum absolute atomic E-state index is 7.52. The van der Waals surface area contributed by atoms with E-state index in [0.717, 1.165) is 74.5 Å². The summed E-state index contributed by atoms with van der Waals surface area (Å²) in [4.78, 5) is 4.45. The normalized spacial score (nSPS) is 13.4. The summed E-state index contributed by atoms with van der Waals surface area (Å²) in [5.41, 5.74) is 30.0. The minimum atomic E-state index is 0.607. The van der Waals surface area contributed by atoms with E-state index in [0.29, 0.717) is 5.70 Å². The Morgan fingerprint density at radius 1 is 0.731 bits per heavy atom. The number of anilines is 2. The van der Waals surface area contributed by atoms with Gasteiger partial charge >= 0.3 is 0 Å². The molecule has 2 heterocycles. The number of terminal acetylenes is 1. The predicted octanol–water partition coefficient (Wildman–Crippen LogP) is 14.7. The highest BCUT2D eigenvalue weighted by atomic mass is 15.2. The van der Waals surface area contributed by atoms with Gasteiger partial charge in [-0.05, 0) is 162 Å². The fraction of sp³-hybridized carbons (Fsp3) is 0.115. The van der Waals surface area contributed by atoms with Gasteiger partial charge in [0.2, 0.25) is 0 Å². The molecule has 0 aliphatic heterocycles.